The predicted octanol–water partition coefficient (Wildman–Crippen LogP) is 4.07. The lowest BCUT2D eigenvalue weighted by atomic mass is 9.82. The summed E-state index contributed by atoms with van der Waals surface area (Å²) in [5, 5.41) is 18.0. The fourth-order valence-corrected chi connectivity index (χ4v) is 3.02. The molecule has 0 unspecified atom stereocenters. The third kappa shape index (κ3) is 8.88. The van der Waals surface area contributed by atoms with Crippen LogP contribution in [-0.2, 0) is 0 Å². The molecular weight excluding hydrogens is 546 g/mol. The van der Waals surface area contributed by atoms with Gasteiger partial charge in [-0.2, -0.15) is 0 Å². The second-order valence-corrected chi connectivity index (χ2v) is 7.87. The van der Waals surface area contributed by atoms with Gasteiger partial charge in [0.2, 0.25) is 0 Å². The zero-order valence-electron chi connectivity index (χ0n) is 18.1. The molecule has 0 bridgehead atoms. The van der Waals surface area contributed by atoms with E-state index in [0.29, 0.717) is 15.8 Å². The van der Waals surface area contributed by atoms with Crippen LogP contribution in [0.25, 0.3) is 11.1 Å². The molecule has 0 aromatic carbocycles. The van der Waals surface area contributed by atoms with Gasteiger partial charge in [0.15, 0.2) is 0 Å². The average molecular weight is 566 g/mol. The van der Waals surface area contributed by atoms with Crippen molar-refractivity contribution >= 4 is 51.7 Å². The van der Waals surface area contributed by atoms with Crippen molar-refractivity contribution in [3.8, 4) is 22.6 Å². The fraction of sp³-hybridized carbons (Fsp3) is 0.0909. The highest BCUT2D eigenvalue weighted by atomic mass is 79.9. The molecule has 4 aromatic heterocycles. The molecule has 0 atom stereocenters. The molecule has 0 spiro atoms. The molecule has 0 fully saturated rings. The highest BCUT2D eigenvalue weighted by molar-refractivity contribution is 9.10. The third-order valence-corrected chi connectivity index (χ3v) is 5.09. The second kappa shape index (κ2) is 14.5. The molecule has 0 radical (unpaired) electrons. The number of halogens is 3. The molecule has 4 rings (SSSR count). The Morgan fingerprint density at radius 2 is 1.35 bits per heavy atom. The van der Waals surface area contributed by atoms with Crippen LogP contribution < -0.4 is 14.9 Å². The topological polar surface area (TPSA) is 110 Å². The van der Waals surface area contributed by atoms with E-state index in [1.807, 2.05) is 12.1 Å². The number of hydrogen-bond acceptors (Lipinski definition) is 8. The third-order valence-electron chi connectivity index (χ3n) is 4.04. The zero-order chi connectivity index (χ0) is 24.9. The largest absolute Gasteiger partial charge is 0.496 e. The molecule has 12 heteroatoms. The average Bonchev–Trinajstić information content (AvgIpc) is 2.86. The van der Waals surface area contributed by atoms with Gasteiger partial charge in [-0.05, 0) is 46.3 Å². The van der Waals surface area contributed by atoms with Crippen LogP contribution in [0.4, 0.5) is 0 Å². The minimum atomic E-state index is -1.47. The summed E-state index contributed by atoms with van der Waals surface area (Å²) in [7, 11) is 1.78. The molecule has 0 amide bonds. The number of aromatic nitrogens is 4. The Morgan fingerprint density at radius 3 is 1.82 bits per heavy atom. The summed E-state index contributed by atoms with van der Waals surface area (Å²) < 4.78 is 11.1. The van der Waals surface area contributed by atoms with Crippen LogP contribution in [-0.4, -0.2) is 51.3 Å². The molecule has 8 nitrogen and oxygen atoms in total. The summed E-state index contributed by atoms with van der Waals surface area (Å²) in [4.78, 5) is 15.6. The minimum absolute atomic E-state index is 0.337. The van der Waals surface area contributed by atoms with Crippen molar-refractivity contribution in [3.05, 3.63) is 88.4 Å². The summed E-state index contributed by atoms with van der Waals surface area (Å²) in [6, 6.07) is 10.2. The van der Waals surface area contributed by atoms with Gasteiger partial charge in [-0.15, -0.1) is 0 Å². The molecule has 2 N–H and O–H groups in total. The molecule has 176 valence electrons. The van der Waals surface area contributed by atoms with Crippen LogP contribution in [0.2, 0.25) is 10.3 Å². The van der Waals surface area contributed by atoms with E-state index in [2.05, 4.69) is 35.9 Å². The monoisotopic (exact) mass is 564 g/mol. The van der Waals surface area contributed by atoms with Crippen LogP contribution in [0, 0.1) is 0 Å². The SMILES string of the molecule is COc1ccncc1-c1ccc(Cl)nc1.COc1ccncc1Br.OB(O)c1ccc(Cl)nc1. The van der Waals surface area contributed by atoms with Crippen molar-refractivity contribution < 1.29 is 19.5 Å². The van der Waals surface area contributed by atoms with E-state index in [1.54, 1.807) is 57.3 Å². The number of ether oxygens (including phenoxy) is 2. The quantitative estimate of drug-likeness (QED) is 0.281. The normalized spacial score (nSPS) is 9.62. The van der Waals surface area contributed by atoms with E-state index in [1.165, 1.54) is 18.3 Å². The molecule has 0 aliphatic rings. The van der Waals surface area contributed by atoms with Crippen molar-refractivity contribution in [2.75, 3.05) is 14.2 Å². The highest BCUT2D eigenvalue weighted by Crippen LogP contribution is 2.28. The van der Waals surface area contributed by atoms with E-state index < -0.39 is 7.12 Å². The Morgan fingerprint density at radius 1 is 0.765 bits per heavy atom. The van der Waals surface area contributed by atoms with Gasteiger partial charge in [0.1, 0.15) is 21.8 Å². The van der Waals surface area contributed by atoms with Crippen LogP contribution in [0.3, 0.4) is 0 Å². The molecule has 0 aliphatic heterocycles. The molecular formula is C22H20BBrCl2N4O4. The van der Waals surface area contributed by atoms with E-state index in [9.17, 15) is 0 Å². The van der Waals surface area contributed by atoms with E-state index in [4.69, 9.17) is 42.7 Å². The molecule has 0 saturated carbocycles. The lowest BCUT2D eigenvalue weighted by Crippen LogP contribution is -2.29. The van der Waals surface area contributed by atoms with Crippen LogP contribution in [0.5, 0.6) is 11.5 Å². The van der Waals surface area contributed by atoms with Crippen LogP contribution in [0.15, 0.2) is 78.1 Å². The first-order valence-corrected chi connectivity index (χ1v) is 11.1. The van der Waals surface area contributed by atoms with Crippen LogP contribution in [0.1, 0.15) is 0 Å². The summed E-state index contributed by atoms with van der Waals surface area (Å²) in [5.74, 6) is 1.58. The Labute approximate surface area is 215 Å². The van der Waals surface area contributed by atoms with Gasteiger partial charge < -0.3 is 19.5 Å². The predicted molar refractivity (Wildman–Crippen MR) is 137 cm³/mol. The number of hydrogen-bond donors (Lipinski definition) is 2. The van der Waals surface area contributed by atoms with Gasteiger partial charge in [0.05, 0.1) is 18.7 Å². The molecule has 34 heavy (non-hydrogen) atoms. The van der Waals surface area contributed by atoms with Gasteiger partial charge in [0, 0.05) is 53.8 Å². The first kappa shape index (κ1) is 27.5. The molecule has 0 saturated heterocycles. The molecule has 4 aromatic rings. The maximum atomic E-state index is 8.59. The fourth-order valence-electron chi connectivity index (χ4n) is 2.38. The minimum Gasteiger partial charge on any atom is -0.496 e. The smallest absolute Gasteiger partial charge is 0.490 e. The van der Waals surface area contributed by atoms with Crippen LogP contribution >= 0.6 is 39.1 Å². The highest BCUT2D eigenvalue weighted by Gasteiger charge is 2.09. The first-order chi connectivity index (χ1) is 16.3. The summed E-state index contributed by atoms with van der Waals surface area (Å²) in [6.45, 7) is 0. The van der Waals surface area contributed by atoms with Gasteiger partial charge in [-0.1, -0.05) is 29.3 Å². The number of pyridine rings is 4. The van der Waals surface area contributed by atoms with Crippen molar-refractivity contribution in [1.82, 2.24) is 19.9 Å². The maximum Gasteiger partial charge on any atom is 0.490 e. The Bertz CT molecular complexity index is 1160. The van der Waals surface area contributed by atoms with Crippen molar-refractivity contribution in [2.24, 2.45) is 0 Å². The number of methoxy groups -OCH3 is 2. The zero-order valence-corrected chi connectivity index (χ0v) is 21.2. The molecule has 0 aliphatic carbocycles. The number of rotatable bonds is 4. The van der Waals surface area contributed by atoms with Crippen molar-refractivity contribution in [2.45, 2.75) is 0 Å². The molecule has 4 heterocycles. The summed E-state index contributed by atoms with van der Waals surface area (Å²) in [5.41, 5.74) is 2.18. The van der Waals surface area contributed by atoms with Crippen molar-refractivity contribution in [1.29, 1.82) is 0 Å². The Hall–Kier alpha value is -2.76. The standard InChI is InChI=1S/C11H9ClN2O.C6H6BrNO.C5H5BClNO2/c1-15-10-4-5-13-7-9(10)8-2-3-11(12)14-6-8;1-9-6-2-3-8-4-5(6)7;7-5-2-1-4(3-8-5)6(9)10/h2-7H,1H3;2-4H,1H3;1-3,9-10H. The second-order valence-electron chi connectivity index (χ2n) is 6.24. The van der Waals surface area contributed by atoms with E-state index in [-0.39, 0.29) is 0 Å². The summed E-state index contributed by atoms with van der Waals surface area (Å²) >= 11 is 14.4. The Balaban J connectivity index is 0.000000189. The van der Waals surface area contributed by atoms with Gasteiger partial charge in [-0.3, -0.25) is 9.97 Å². The summed E-state index contributed by atoms with van der Waals surface area (Å²) in [6.07, 6.45) is 9.81. The first-order valence-electron chi connectivity index (χ1n) is 9.56. The Kier molecular flexibility index (Phi) is 11.7. The maximum absolute atomic E-state index is 8.59. The van der Waals surface area contributed by atoms with Gasteiger partial charge in [0.25, 0.3) is 0 Å². The van der Waals surface area contributed by atoms with E-state index >= 15 is 0 Å². The lowest BCUT2D eigenvalue weighted by Gasteiger charge is -2.06. The van der Waals surface area contributed by atoms with Gasteiger partial charge in [-0.25, -0.2) is 9.97 Å². The number of nitrogens with zero attached hydrogens (tertiary/aromatic N) is 4. The van der Waals surface area contributed by atoms with Gasteiger partial charge >= 0.3 is 7.12 Å². The van der Waals surface area contributed by atoms with Crippen molar-refractivity contribution in [3.63, 3.8) is 0 Å². The van der Waals surface area contributed by atoms with E-state index in [0.717, 1.165) is 27.1 Å². The lowest BCUT2D eigenvalue weighted by molar-refractivity contribution is 0.411.